The molecule has 0 radical (unpaired) electrons. The van der Waals surface area contributed by atoms with Crippen LogP contribution in [0.4, 0.5) is 0 Å². The van der Waals surface area contributed by atoms with Gasteiger partial charge in [-0.15, -0.1) is 12.4 Å². The lowest BCUT2D eigenvalue weighted by molar-refractivity contribution is -0.141. The molecule has 0 heterocycles. The first kappa shape index (κ1) is 16.6. The van der Waals surface area contributed by atoms with Crippen LogP contribution in [0.15, 0.2) is 0 Å². The highest BCUT2D eigenvalue weighted by atomic mass is 35.5. The molecule has 3 N–H and O–H groups in total. The molecule has 6 heteroatoms. The predicted molar refractivity (Wildman–Crippen MR) is 59.7 cm³/mol. The van der Waals surface area contributed by atoms with Gasteiger partial charge in [0.25, 0.3) is 0 Å². The number of esters is 1. The van der Waals surface area contributed by atoms with Crippen LogP contribution in [0.5, 0.6) is 0 Å². The van der Waals surface area contributed by atoms with Crippen LogP contribution in [0.1, 0.15) is 20.3 Å². The van der Waals surface area contributed by atoms with E-state index in [0.29, 0.717) is 12.3 Å². The van der Waals surface area contributed by atoms with Crippen molar-refractivity contribution in [2.24, 2.45) is 11.7 Å². The van der Waals surface area contributed by atoms with Gasteiger partial charge in [0, 0.05) is 0 Å². The van der Waals surface area contributed by atoms with Gasteiger partial charge in [-0.05, 0) is 12.3 Å². The van der Waals surface area contributed by atoms with Gasteiger partial charge >= 0.3 is 5.97 Å². The van der Waals surface area contributed by atoms with Crippen molar-refractivity contribution in [3.8, 4) is 0 Å². The summed E-state index contributed by atoms with van der Waals surface area (Å²) in [6.07, 6.45) is 0.604. The number of hydrogen-bond donors (Lipinski definition) is 2. The quantitative estimate of drug-likeness (QED) is 0.665. The zero-order valence-electron chi connectivity index (χ0n) is 9.28. The molecular weight excluding hydrogens is 220 g/mol. The predicted octanol–water partition coefficient (Wildman–Crippen LogP) is 0.0708. The highest BCUT2D eigenvalue weighted by molar-refractivity contribution is 5.85. The Labute approximate surface area is 96.1 Å². The lowest BCUT2D eigenvalue weighted by Crippen LogP contribution is -2.43. The van der Waals surface area contributed by atoms with E-state index in [1.807, 2.05) is 13.8 Å². The Morgan fingerprint density at radius 2 is 1.93 bits per heavy atom. The third-order valence-corrected chi connectivity index (χ3v) is 1.70. The second-order valence-corrected chi connectivity index (χ2v) is 3.53. The summed E-state index contributed by atoms with van der Waals surface area (Å²) in [5.41, 5.74) is 5.58. The minimum absolute atomic E-state index is 0. The molecule has 0 aromatic carbocycles. The fraction of sp³-hybridized carbons (Fsp3) is 0.778. The van der Waals surface area contributed by atoms with E-state index in [0.717, 1.165) is 0 Å². The van der Waals surface area contributed by atoms with Gasteiger partial charge in [0.2, 0.25) is 5.91 Å². The Balaban J connectivity index is 0. The van der Waals surface area contributed by atoms with Gasteiger partial charge in [-0.2, -0.15) is 0 Å². The molecule has 1 amide bonds. The van der Waals surface area contributed by atoms with Crippen molar-refractivity contribution in [1.29, 1.82) is 0 Å². The summed E-state index contributed by atoms with van der Waals surface area (Å²) < 4.78 is 4.37. The first-order valence-electron chi connectivity index (χ1n) is 4.57. The molecule has 0 aliphatic heterocycles. The number of rotatable bonds is 5. The topological polar surface area (TPSA) is 81.4 Å². The Morgan fingerprint density at radius 3 is 2.33 bits per heavy atom. The molecular formula is C9H19ClN2O3. The van der Waals surface area contributed by atoms with E-state index < -0.39 is 12.0 Å². The summed E-state index contributed by atoms with van der Waals surface area (Å²) in [5, 5.41) is 2.40. The molecule has 0 aromatic heterocycles. The zero-order chi connectivity index (χ0) is 11.1. The van der Waals surface area contributed by atoms with Crippen molar-refractivity contribution in [2.45, 2.75) is 26.3 Å². The number of nitrogens with one attached hydrogen (secondary N) is 1. The molecule has 1 unspecified atom stereocenters. The molecule has 90 valence electrons. The van der Waals surface area contributed by atoms with Crippen LogP contribution in [0.3, 0.4) is 0 Å². The van der Waals surface area contributed by atoms with Crippen LogP contribution in [0, 0.1) is 5.92 Å². The van der Waals surface area contributed by atoms with Crippen LogP contribution in [-0.2, 0) is 14.3 Å². The molecule has 15 heavy (non-hydrogen) atoms. The van der Waals surface area contributed by atoms with E-state index in [1.165, 1.54) is 7.11 Å². The Kier molecular flexibility index (Phi) is 9.41. The minimum atomic E-state index is -0.556. The monoisotopic (exact) mass is 238 g/mol. The van der Waals surface area contributed by atoms with Gasteiger partial charge < -0.3 is 15.8 Å². The van der Waals surface area contributed by atoms with Gasteiger partial charge in [-0.25, -0.2) is 0 Å². The summed E-state index contributed by atoms with van der Waals surface area (Å²) in [6.45, 7) is 3.84. The van der Waals surface area contributed by atoms with Crippen molar-refractivity contribution < 1.29 is 14.3 Å². The second kappa shape index (κ2) is 8.49. The number of nitrogens with two attached hydrogens (primary N) is 1. The summed E-state index contributed by atoms with van der Waals surface area (Å²) in [4.78, 5) is 21.9. The largest absolute Gasteiger partial charge is 0.468 e. The molecule has 0 saturated carbocycles. The van der Waals surface area contributed by atoms with Crippen LogP contribution >= 0.6 is 12.4 Å². The molecule has 0 saturated heterocycles. The number of amides is 1. The van der Waals surface area contributed by atoms with Gasteiger partial charge in [-0.3, -0.25) is 9.59 Å². The average molecular weight is 239 g/mol. The SMILES string of the molecule is COC(=O)CNC(=O)C(N)CC(C)C.Cl. The van der Waals surface area contributed by atoms with Crippen molar-refractivity contribution in [1.82, 2.24) is 5.32 Å². The first-order chi connectivity index (χ1) is 6.47. The summed E-state index contributed by atoms with van der Waals surface area (Å²) >= 11 is 0. The van der Waals surface area contributed by atoms with Crippen molar-refractivity contribution in [3.63, 3.8) is 0 Å². The molecule has 0 fully saturated rings. The van der Waals surface area contributed by atoms with Crippen LogP contribution in [0.2, 0.25) is 0 Å². The highest BCUT2D eigenvalue weighted by Gasteiger charge is 2.15. The van der Waals surface area contributed by atoms with E-state index in [2.05, 4.69) is 10.1 Å². The lowest BCUT2D eigenvalue weighted by atomic mass is 10.0. The maximum absolute atomic E-state index is 11.3. The van der Waals surface area contributed by atoms with Gasteiger partial charge in [0.1, 0.15) is 6.54 Å². The number of carbonyl (C=O) groups excluding carboxylic acids is 2. The Hall–Kier alpha value is -0.810. The van der Waals surface area contributed by atoms with Crippen molar-refractivity contribution in [2.75, 3.05) is 13.7 Å². The third-order valence-electron chi connectivity index (χ3n) is 1.70. The van der Waals surface area contributed by atoms with Crippen LogP contribution in [0.25, 0.3) is 0 Å². The van der Waals surface area contributed by atoms with Crippen LogP contribution in [-0.4, -0.2) is 31.6 Å². The molecule has 0 aliphatic rings. The molecule has 1 atom stereocenters. The molecule has 5 nitrogen and oxygen atoms in total. The average Bonchev–Trinajstić information content (AvgIpc) is 2.12. The van der Waals surface area contributed by atoms with Gasteiger partial charge in [0.15, 0.2) is 0 Å². The van der Waals surface area contributed by atoms with Crippen molar-refractivity contribution >= 4 is 24.3 Å². The number of methoxy groups -OCH3 is 1. The summed E-state index contributed by atoms with van der Waals surface area (Å²) in [6, 6.07) is -0.556. The molecule has 0 spiro atoms. The maximum atomic E-state index is 11.3. The van der Waals surface area contributed by atoms with E-state index in [4.69, 9.17) is 5.73 Å². The smallest absolute Gasteiger partial charge is 0.325 e. The summed E-state index contributed by atoms with van der Waals surface area (Å²) in [7, 11) is 1.27. The standard InChI is InChI=1S/C9H18N2O3.ClH/c1-6(2)4-7(10)9(13)11-5-8(12)14-3;/h6-7H,4-5,10H2,1-3H3,(H,11,13);1H. The Bertz CT molecular complexity index is 210. The molecule has 0 aromatic rings. The van der Waals surface area contributed by atoms with E-state index in [1.54, 1.807) is 0 Å². The first-order valence-corrected chi connectivity index (χ1v) is 4.57. The minimum Gasteiger partial charge on any atom is -0.468 e. The van der Waals surface area contributed by atoms with Crippen LogP contribution < -0.4 is 11.1 Å². The van der Waals surface area contributed by atoms with E-state index in [9.17, 15) is 9.59 Å². The number of ether oxygens (including phenoxy) is 1. The fourth-order valence-electron chi connectivity index (χ4n) is 0.977. The molecule has 0 rings (SSSR count). The van der Waals surface area contributed by atoms with Gasteiger partial charge in [0.05, 0.1) is 13.2 Å². The molecule has 0 bridgehead atoms. The van der Waals surface area contributed by atoms with E-state index >= 15 is 0 Å². The van der Waals surface area contributed by atoms with Gasteiger partial charge in [-0.1, -0.05) is 13.8 Å². The third kappa shape index (κ3) is 8.20. The number of halogens is 1. The summed E-state index contributed by atoms with van der Waals surface area (Å²) in [5.74, 6) is -0.437. The molecule has 0 aliphatic carbocycles. The zero-order valence-corrected chi connectivity index (χ0v) is 10.1. The number of carbonyl (C=O) groups is 2. The maximum Gasteiger partial charge on any atom is 0.325 e. The lowest BCUT2D eigenvalue weighted by Gasteiger charge is -2.13. The highest BCUT2D eigenvalue weighted by Crippen LogP contribution is 2.02. The fourth-order valence-corrected chi connectivity index (χ4v) is 0.977. The normalized spacial score (nSPS) is 11.5. The Morgan fingerprint density at radius 1 is 1.40 bits per heavy atom. The van der Waals surface area contributed by atoms with Crippen molar-refractivity contribution in [3.05, 3.63) is 0 Å². The second-order valence-electron chi connectivity index (χ2n) is 3.53. The van der Waals surface area contributed by atoms with E-state index in [-0.39, 0.29) is 24.9 Å². The number of hydrogen-bond acceptors (Lipinski definition) is 4.